The highest BCUT2D eigenvalue weighted by Crippen LogP contribution is 2.28. The Hall–Kier alpha value is -0.760. The fourth-order valence-electron chi connectivity index (χ4n) is 1.49. The van der Waals surface area contributed by atoms with E-state index in [4.69, 9.17) is 11.6 Å². The molecule has 0 aromatic heterocycles. The number of alkyl halides is 1. The van der Waals surface area contributed by atoms with Crippen molar-refractivity contribution in [2.75, 3.05) is 12.0 Å². The van der Waals surface area contributed by atoms with Gasteiger partial charge in [-0.05, 0) is 24.1 Å². The Kier molecular flexibility index (Phi) is 1.93. The van der Waals surface area contributed by atoms with Crippen molar-refractivity contribution in [3.63, 3.8) is 0 Å². The van der Waals surface area contributed by atoms with Crippen LogP contribution in [0, 0.1) is 0 Å². The third-order valence-corrected chi connectivity index (χ3v) is 2.32. The molecular formula is C9H9ClFN. The van der Waals surface area contributed by atoms with Gasteiger partial charge in [-0.25, -0.2) is 4.39 Å². The van der Waals surface area contributed by atoms with E-state index in [9.17, 15) is 4.39 Å². The maximum absolute atomic E-state index is 12.3. The highest BCUT2D eigenvalue weighted by molar-refractivity contribution is 6.30. The van der Waals surface area contributed by atoms with Crippen molar-refractivity contribution in [2.45, 2.75) is 12.5 Å². The number of benzene rings is 1. The normalized spacial score (nSPS) is 20.3. The van der Waals surface area contributed by atoms with Crippen LogP contribution < -0.4 is 5.32 Å². The Morgan fingerprint density at radius 3 is 3.17 bits per heavy atom. The first kappa shape index (κ1) is 7.87. The zero-order valence-electron chi connectivity index (χ0n) is 6.48. The van der Waals surface area contributed by atoms with Gasteiger partial charge in [0.2, 0.25) is 0 Å². The summed E-state index contributed by atoms with van der Waals surface area (Å²) in [6.07, 6.45) is 0.767. The van der Waals surface area contributed by atoms with Crippen molar-refractivity contribution in [3.8, 4) is 0 Å². The fraction of sp³-hybridized carbons (Fsp3) is 0.333. The third-order valence-electron chi connectivity index (χ3n) is 2.08. The second kappa shape index (κ2) is 2.94. The molecular weight excluding hydrogens is 177 g/mol. The number of rotatable bonds is 1. The summed E-state index contributed by atoms with van der Waals surface area (Å²) in [5.74, 6) is 0. The van der Waals surface area contributed by atoms with E-state index in [1.54, 1.807) is 0 Å². The molecule has 1 unspecified atom stereocenters. The molecule has 1 aromatic rings. The first-order valence-corrected chi connectivity index (χ1v) is 4.28. The largest absolute Gasteiger partial charge is 0.379 e. The van der Waals surface area contributed by atoms with Gasteiger partial charge in [-0.2, -0.15) is 0 Å². The topological polar surface area (TPSA) is 12.0 Å². The third kappa shape index (κ3) is 1.27. The zero-order chi connectivity index (χ0) is 8.55. The van der Waals surface area contributed by atoms with Crippen LogP contribution in [0.4, 0.5) is 10.1 Å². The Labute approximate surface area is 75.5 Å². The Bertz CT molecular complexity index is 301. The summed E-state index contributed by atoms with van der Waals surface area (Å²) < 4.78 is 12.3. The van der Waals surface area contributed by atoms with Crippen LogP contribution in [-0.2, 0) is 6.42 Å². The lowest BCUT2D eigenvalue weighted by molar-refractivity contribution is 0.450. The molecule has 3 heteroatoms. The monoisotopic (exact) mass is 185 g/mol. The van der Waals surface area contributed by atoms with Crippen LogP contribution in [0.5, 0.6) is 0 Å². The van der Waals surface area contributed by atoms with Gasteiger partial charge in [0, 0.05) is 10.7 Å². The molecule has 0 aliphatic carbocycles. The standard InChI is InChI=1S/C9H9ClFN/c10-7-2-1-6-3-8(5-11)12-9(6)4-7/h1-2,4,8,12H,3,5H2. The van der Waals surface area contributed by atoms with Crippen LogP contribution in [0.3, 0.4) is 0 Å². The predicted molar refractivity (Wildman–Crippen MR) is 48.5 cm³/mol. The molecule has 0 saturated heterocycles. The minimum atomic E-state index is -0.327. The number of hydrogen-bond acceptors (Lipinski definition) is 1. The van der Waals surface area contributed by atoms with Crippen LogP contribution in [0.2, 0.25) is 5.02 Å². The second-order valence-corrected chi connectivity index (χ2v) is 3.44. The van der Waals surface area contributed by atoms with Crippen LogP contribution >= 0.6 is 11.6 Å². The minimum Gasteiger partial charge on any atom is -0.379 e. The van der Waals surface area contributed by atoms with Crippen LogP contribution in [-0.4, -0.2) is 12.7 Å². The molecule has 64 valence electrons. The molecule has 12 heavy (non-hydrogen) atoms. The lowest BCUT2D eigenvalue weighted by atomic mass is 10.1. The van der Waals surface area contributed by atoms with E-state index in [1.807, 2.05) is 18.2 Å². The van der Waals surface area contributed by atoms with Gasteiger partial charge in [0.25, 0.3) is 0 Å². The average molecular weight is 186 g/mol. The molecule has 1 aliphatic heterocycles. The van der Waals surface area contributed by atoms with E-state index in [-0.39, 0.29) is 12.7 Å². The van der Waals surface area contributed by atoms with Crippen molar-refractivity contribution < 1.29 is 4.39 Å². The molecule has 1 N–H and O–H groups in total. The van der Waals surface area contributed by atoms with Crippen molar-refractivity contribution in [1.29, 1.82) is 0 Å². The van der Waals surface area contributed by atoms with E-state index in [0.717, 1.165) is 17.7 Å². The molecule has 1 aromatic carbocycles. The van der Waals surface area contributed by atoms with Gasteiger partial charge in [-0.1, -0.05) is 17.7 Å². The molecule has 0 bridgehead atoms. The average Bonchev–Trinajstić information content (AvgIpc) is 2.46. The van der Waals surface area contributed by atoms with Gasteiger partial charge in [-0.15, -0.1) is 0 Å². The summed E-state index contributed by atoms with van der Waals surface area (Å²) in [5, 5.41) is 3.76. The number of halogens is 2. The van der Waals surface area contributed by atoms with Gasteiger partial charge in [0.05, 0.1) is 6.04 Å². The molecule has 0 fully saturated rings. The zero-order valence-corrected chi connectivity index (χ0v) is 7.24. The number of anilines is 1. The van der Waals surface area contributed by atoms with E-state index in [1.165, 1.54) is 0 Å². The molecule has 0 amide bonds. The molecule has 0 spiro atoms. The van der Waals surface area contributed by atoms with E-state index >= 15 is 0 Å². The summed E-state index contributed by atoms with van der Waals surface area (Å²) in [6.45, 7) is -0.327. The van der Waals surface area contributed by atoms with E-state index < -0.39 is 0 Å². The molecule has 1 atom stereocenters. The highest BCUT2D eigenvalue weighted by Gasteiger charge is 2.19. The second-order valence-electron chi connectivity index (χ2n) is 3.00. The molecule has 1 aliphatic rings. The smallest absolute Gasteiger partial charge is 0.110 e. The molecule has 1 nitrogen and oxygen atoms in total. The Balaban J connectivity index is 2.30. The SMILES string of the molecule is FCC1Cc2ccc(Cl)cc2N1. The summed E-state index contributed by atoms with van der Waals surface area (Å²) in [5.41, 5.74) is 2.13. The fourth-order valence-corrected chi connectivity index (χ4v) is 1.66. The predicted octanol–water partition coefficient (Wildman–Crippen LogP) is 2.65. The van der Waals surface area contributed by atoms with Crippen LogP contribution in [0.25, 0.3) is 0 Å². The van der Waals surface area contributed by atoms with Gasteiger partial charge in [0.15, 0.2) is 0 Å². The van der Waals surface area contributed by atoms with Crippen LogP contribution in [0.1, 0.15) is 5.56 Å². The van der Waals surface area contributed by atoms with Crippen molar-refractivity contribution in [3.05, 3.63) is 28.8 Å². The number of nitrogens with one attached hydrogen (secondary N) is 1. The van der Waals surface area contributed by atoms with Gasteiger partial charge in [-0.3, -0.25) is 0 Å². The van der Waals surface area contributed by atoms with Crippen molar-refractivity contribution in [1.82, 2.24) is 0 Å². The lowest BCUT2D eigenvalue weighted by Crippen LogP contribution is -2.17. The van der Waals surface area contributed by atoms with Crippen molar-refractivity contribution in [2.24, 2.45) is 0 Å². The maximum Gasteiger partial charge on any atom is 0.110 e. The molecule has 0 radical (unpaired) electrons. The van der Waals surface area contributed by atoms with Gasteiger partial charge in [0.1, 0.15) is 6.67 Å². The van der Waals surface area contributed by atoms with Gasteiger partial charge >= 0.3 is 0 Å². The maximum atomic E-state index is 12.3. The molecule has 0 saturated carbocycles. The Morgan fingerprint density at radius 2 is 2.42 bits per heavy atom. The van der Waals surface area contributed by atoms with Gasteiger partial charge < -0.3 is 5.32 Å². The highest BCUT2D eigenvalue weighted by atomic mass is 35.5. The number of fused-ring (bicyclic) bond motifs is 1. The summed E-state index contributed by atoms with van der Waals surface area (Å²) in [6, 6.07) is 5.56. The summed E-state index contributed by atoms with van der Waals surface area (Å²) in [7, 11) is 0. The lowest BCUT2D eigenvalue weighted by Gasteiger charge is -2.03. The van der Waals surface area contributed by atoms with Crippen LogP contribution in [0.15, 0.2) is 18.2 Å². The molecule has 2 rings (SSSR count). The summed E-state index contributed by atoms with van der Waals surface area (Å²) in [4.78, 5) is 0. The summed E-state index contributed by atoms with van der Waals surface area (Å²) >= 11 is 5.78. The molecule has 1 heterocycles. The van der Waals surface area contributed by atoms with E-state index in [0.29, 0.717) is 5.02 Å². The van der Waals surface area contributed by atoms with Crippen molar-refractivity contribution >= 4 is 17.3 Å². The van der Waals surface area contributed by atoms with E-state index in [2.05, 4.69) is 5.32 Å². The minimum absolute atomic E-state index is 0.0570. The Morgan fingerprint density at radius 1 is 1.58 bits per heavy atom. The first-order valence-electron chi connectivity index (χ1n) is 3.90. The first-order chi connectivity index (χ1) is 5.79. The quantitative estimate of drug-likeness (QED) is 0.710. The number of hydrogen-bond donors (Lipinski definition) is 1.